The summed E-state index contributed by atoms with van der Waals surface area (Å²) in [6, 6.07) is 1.59. The standard InChI is InChI=1S/C14H11Cl2N5O3/c1-23-13-14(24-2)18-12-8(5-21-4-7(6-22)19-20-21)11(16)9(15)3-10(12)17-13/h3-4,6H,5H2,1-2H3. The molecule has 2 aromatic heterocycles. The smallest absolute Gasteiger partial charge is 0.278 e. The van der Waals surface area contributed by atoms with E-state index >= 15 is 0 Å². The van der Waals surface area contributed by atoms with Crippen LogP contribution < -0.4 is 9.47 Å². The Bertz CT molecular complexity index is 928. The van der Waals surface area contributed by atoms with Crippen molar-refractivity contribution in [2.75, 3.05) is 14.2 Å². The summed E-state index contributed by atoms with van der Waals surface area (Å²) in [4.78, 5) is 19.5. The summed E-state index contributed by atoms with van der Waals surface area (Å²) in [6.07, 6.45) is 2.10. The second-order valence-electron chi connectivity index (χ2n) is 4.72. The number of hydrogen-bond acceptors (Lipinski definition) is 7. The third-order valence-corrected chi connectivity index (χ3v) is 4.10. The van der Waals surface area contributed by atoms with Gasteiger partial charge in [0.25, 0.3) is 11.8 Å². The number of hydrogen-bond donors (Lipinski definition) is 0. The van der Waals surface area contributed by atoms with Crippen LogP contribution in [0.2, 0.25) is 10.0 Å². The minimum atomic E-state index is 0.209. The molecule has 0 atom stereocenters. The van der Waals surface area contributed by atoms with Gasteiger partial charge in [-0.3, -0.25) is 4.79 Å². The Labute approximate surface area is 146 Å². The molecule has 0 spiro atoms. The summed E-state index contributed by atoms with van der Waals surface area (Å²) in [6.45, 7) is 0.209. The normalized spacial score (nSPS) is 10.8. The van der Waals surface area contributed by atoms with Crippen molar-refractivity contribution in [2.24, 2.45) is 0 Å². The fourth-order valence-corrected chi connectivity index (χ4v) is 2.61. The first-order valence-electron chi connectivity index (χ1n) is 6.69. The lowest BCUT2D eigenvalue weighted by molar-refractivity contribution is 0.111. The van der Waals surface area contributed by atoms with Crippen LogP contribution in [-0.2, 0) is 6.54 Å². The van der Waals surface area contributed by atoms with Crippen molar-refractivity contribution in [2.45, 2.75) is 6.54 Å². The van der Waals surface area contributed by atoms with Crippen molar-refractivity contribution < 1.29 is 14.3 Å². The summed E-state index contributed by atoms with van der Waals surface area (Å²) in [5.41, 5.74) is 1.77. The first-order chi connectivity index (χ1) is 11.6. The Morgan fingerprint density at radius 3 is 2.54 bits per heavy atom. The third-order valence-electron chi connectivity index (χ3n) is 3.27. The number of carbonyl (C=O) groups is 1. The van der Waals surface area contributed by atoms with E-state index in [0.717, 1.165) is 0 Å². The molecule has 1 aromatic carbocycles. The van der Waals surface area contributed by atoms with Gasteiger partial charge in [-0.25, -0.2) is 14.6 Å². The number of aromatic nitrogens is 5. The van der Waals surface area contributed by atoms with Crippen molar-refractivity contribution in [1.82, 2.24) is 25.0 Å². The molecule has 0 saturated heterocycles. The molecule has 0 N–H and O–H groups in total. The zero-order valence-electron chi connectivity index (χ0n) is 12.7. The second-order valence-corrected chi connectivity index (χ2v) is 5.50. The zero-order valence-corrected chi connectivity index (χ0v) is 14.2. The number of aldehydes is 1. The monoisotopic (exact) mass is 367 g/mol. The Balaban J connectivity index is 2.20. The molecule has 0 amide bonds. The van der Waals surface area contributed by atoms with Crippen LogP contribution in [0.5, 0.6) is 11.8 Å². The van der Waals surface area contributed by atoms with Crippen LogP contribution in [0.3, 0.4) is 0 Å². The highest BCUT2D eigenvalue weighted by Crippen LogP contribution is 2.35. The first-order valence-corrected chi connectivity index (χ1v) is 7.45. The molecule has 0 saturated carbocycles. The van der Waals surface area contributed by atoms with Crippen LogP contribution in [0, 0.1) is 0 Å². The van der Waals surface area contributed by atoms with Gasteiger partial charge < -0.3 is 9.47 Å². The molecular formula is C14H11Cl2N5O3. The fraction of sp³-hybridized carbons (Fsp3) is 0.214. The lowest BCUT2D eigenvalue weighted by Crippen LogP contribution is -2.05. The Morgan fingerprint density at radius 1 is 1.21 bits per heavy atom. The molecule has 0 fully saturated rings. The maximum atomic E-state index is 10.7. The van der Waals surface area contributed by atoms with Gasteiger partial charge in [-0.1, -0.05) is 28.4 Å². The molecule has 0 bridgehead atoms. The lowest BCUT2D eigenvalue weighted by atomic mass is 10.1. The predicted molar refractivity (Wildman–Crippen MR) is 87.2 cm³/mol. The zero-order chi connectivity index (χ0) is 17.3. The average molecular weight is 368 g/mol. The van der Waals surface area contributed by atoms with Crippen molar-refractivity contribution >= 4 is 40.5 Å². The number of fused-ring (bicyclic) bond motifs is 1. The van der Waals surface area contributed by atoms with Crippen LogP contribution in [0.1, 0.15) is 16.1 Å². The number of ether oxygens (including phenoxy) is 2. The molecule has 3 rings (SSSR count). The van der Waals surface area contributed by atoms with E-state index in [9.17, 15) is 4.79 Å². The van der Waals surface area contributed by atoms with Crippen molar-refractivity contribution in [1.29, 1.82) is 0 Å². The predicted octanol–water partition coefficient (Wildman–Crippen LogP) is 2.41. The van der Waals surface area contributed by atoms with Gasteiger partial charge in [0, 0.05) is 5.56 Å². The van der Waals surface area contributed by atoms with Gasteiger partial charge in [-0.15, -0.1) is 5.10 Å². The molecule has 0 aliphatic heterocycles. The van der Waals surface area contributed by atoms with Crippen LogP contribution >= 0.6 is 23.2 Å². The molecule has 124 valence electrons. The Hall–Kier alpha value is -2.45. The Kier molecular flexibility index (Phi) is 4.50. The number of benzene rings is 1. The third kappa shape index (κ3) is 2.85. The van der Waals surface area contributed by atoms with Crippen LogP contribution in [0.15, 0.2) is 12.3 Å². The van der Waals surface area contributed by atoms with Gasteiger partial charge in [-0.2, -0.15) is 0 Å². The lowest BCUT2D eigenvalue weighted by Gasteiger charge is -2.12. The van der Waals surface area contributed by atoms with E-state index < -0.39 is 0 Å². The highest BCUT2D eigenvalue weighted by atomic mass is 35.5. The largest absolute Gasteiger partial charge is 0.477 e. The highest BCUT2D eigenvalue weighted by Gasteiger charge is 2.18. The number of carbonyl (C=O) groups excluding carboxylic acids is 1. The second kappa shape index (κ2) is 6.58. The molecule has 8 nitrogen and oxygen atoms in total. The average Bonchev–Trinajstić information content (AvgIpc) is 3.05. The minimum absolute atomic E-state index is 0.209. The number of rotatable bonds is 5. The number of halogens is 2. The van der Waals surface area contributed by atoms with Crippen molar-refractivity contribution in [3.05, 3.63) is 33.6 Å². The van der Waals surface area contributed by atoms with E-state index in [1.807, 2.05) is 0 Å². The van der Waals surface area contributed by atoms with Crippen LogP contribution in [0.25, 0.3) is 11.0 Å². The molecular weight excluding hydrogens is 357 g/mol. The minimum Gasteiger partial charge on any atom is -0.477 e. The fourth-order valence-electron chi connectivity index (χ4n) is 2.19. The summed E-state index contributed by atoms with van der Waals surface area (Å²) in [7, 11) is 2.93. The van der Waals surface area contributed by atoms with Gasteiger partial charge in [0.15, 0.2) is 6.29 Å². The Morgan fingerprint density at radius 2 is 1.92 bits per heavy atom. The topological polar surface area (TPSA) is 92.0 Å². The summed E-state index contributed by atoms with van der Waals surface area (Å²) in [5, 5.41) is 8.21. The summed E-state index contributed by atoms with van der Waals surface area (Å²) >= 11 is 12.5. The summed E-state index contributed by atoms with van der Waals surface area (Å²) in [5.74, 6) is 0.454. The molecule has 3 aromatic rings. The quantitative estimate of drug-likeness (QED) is 0.639. The van der Waals surface area contributed by atoms with Gasteiger partial charge >= 0.3 is 0 Å². The molecule has 0 radical (unpaired) electrons. The number of methoxy groups -OCH3 is 2. The first kappa shape index (κ1) is 16.4. The SMILES string of the molecule is COc1nc2cc(Cl)c(Cl)c(Cn3cc(C=O)nn3)c2nc1OC. The highest BCUT2D eigenvalue weighted by molar-refractivity contribution is 6.43. The van der Waals surface area contributed by atoms with Gasteiger partial charge in [0.2, 0.25) is 0 Å². The van der Waals surface area contributed by atoms with E-state index in [-0.39, 0.29) is 24.0 Å². The molecule has 0 aliphatic rings. The molecule has 2 heterocycles. The molecule has 0 unspecified atom stereocenters. The molecule has 0 aliphatic carbocycles. The van der Waals surface area contributed by atoms with Crippen LogP contribution in [-0.4, -0.2) is 45.5 Å². The van der Waals surface area contributed by atoms with Gasteiger partial charge in [0.05, 0.1) is 48.0 Å². The van der Waals surface area contributed by atoms with Gasteiger partial charge in [0.1, 0.15) is 5.69 Å². The van der Waals surface area contributed by atoms with Gasteiger partial charge in [-0.05, 0) is 6.07 Å². The molecule has 10 heteroatoms. The number of nitrogens with zero attached hydrogens (tertiary/aromatic N) is 5. The maximum absolute atomic E-state index is 10.7. The molecule has 24 heavy (non-hydrogen) atoms. The van der Waals surface area contributed by atoms with Crippen molar-refractivity contribution in [3.63, 3.8) is 0 Å². The van der Waals surface area contributed by atoms with E-state index in [0.29, 0.717) is 32.9 Å². The van der Waals surface area contributed by atoms with E-state index in [1.54, 1.807) is 6.07 Å². The van der Waals surface area contributed by atoms with E-state index in [1.165, 1.54) is 25.1 Å². The summed E-state index contributed by atoms with van der Waals surface area (Å²) < 4.78 is 11.8. The van der Waals surface area contributed by atoms with Crippen molar-refractivity contribution in [3.8, 4) is 11.8 Å². The maximum Gasteiger partial charge on any atom is 0.278 e. The van der Waals surface area contributed by atoms with E-state index in [2.05, 4.69) is 20.3 Å². The van der Waals surface area contributed by atoms with E-state index in [4.69, 9.17) is 32.7 Å². The van der Waals surface area contributed by atoms with Crippen LogP contribution in [0.4, 0.5) is 0 Å².